The quantitative estimate of drug-likeness (QED) is 0.510. The van der Waals surface area contributed by atoms with Gasteiger partial charge in [-0.3, -0.25) is 9.59 Å². The Hall–Kier alpha value is -2.73. The number of carbonyl (C=O) groups is 3. The number of hydrogen-bond donors (Lipinski definition) is 1. The molecule has 7 heteroatoms. The second-order valence-electron chi connectivity index (χ2n) is 5.04. The zero-order valence-corrected chi connectivity index (χ0v) is 13.8. The van der Waals surface area contributed by atoms with E-state index in [4.69, 9.17) is 16.3 Å². The van der Waals surface area contributed by atoms with Crippen molar-refractivity contribution >= 4 is 34.9 Å². The van der Waals surface area contributed by atoms with Gasteiger partial charge in [-0.1, -0.05) is 11.6 Å². The highest BCUT2D eigenvalue weighted by molar-refractivity contribution is 6.29. The van der Waals surface area contributed by atoms with E-state index in [2.05, 4.69) is 10.3 Å². The van der Waals surface area contributed by atoms with E-state index in [0.29, 0.717) is 11.3 Å². The highest BCUT2D eigenvalue weighted by Gasteiger charge is 2.20. The number of esters is 1. The Morgan fingerprint density at radius 2 is 1.71 bits per heavy atom. The molecule has 24 heavy (non-hydrogen) atoms. The van der Waals surface area contributed by atoms with Crippen molar-refractivity contribution in [1.29, 1.82) is 0 Å². The van der Waals surface area contributed by atoms with E-state index in [1.807, 2.05) is 0 Å². The fourth-order valence-corrected chi connectivity index (χ4v) is 2.05. The van der Waals surface area contributed by atoms with Crippen molar-refractivity contribution in [3.63, 3.8) is 0 Å². The van der Waals surface area contributed by atoms with Crippen molar-refractivity contribution in [3.8, 4) is 0 Å². The summed E-state index contributed by atoms with van der Waals surface area (Å²) in [6, 6.07) is 9.25. The summed E-state index contributed by atoms with van der Waals surface area (Å²) < 4.78 is 5.15. The molecule has 1 aromatic heterocycles. The first kappa shape index (κ1) is 17.6. The lowest BCUT2D eigenvalue weighted by atomic mass is 10.1. The minimum absolute atomic E-state index is 0.201. The molecule has 124 valence electrons. The molecule has 0 aliphatic carbocycles. The Balaban J connectivity index is 2.02. The fourth-order valence-electron chi connectivity index (χ4n) is 1.93. The molecule has 1 N–H and O–H groups in total. The first-order valence-electron chi connectivity index (χ1n) is 7.11. The molecule has 0 unspecified atom stereocenters. The van der Waals surface area contributed by atoms with E-state index in [1.54, 1.807) is 24.3 Å². The van der Waals surface area contributed by atoms with E-state index in [-0.39, 0.29) is 22.4 Å². The standard InChI is InChI=1S/C17H15ClN2O4/c1-10(24-17(23)13-5-8-15(18)19-9-13)16(22)12-3-6-14(7-4-12)20-11(2)21/h3-10H,1-2H3,(H,20,21)/t10-/m1/s1. The summed E-state index contributed by atoms with van der Waals surface area (Å²) >= 11 is 5.65. The molecule has 2 aromatic rings. The lowest BCUT2D eigenvalue weighted by Gasteiger charge is -2.12. The van der Waals surface area contributed by atoms with Crippen LogP contribution in [0.1, 0.15) is 34.6 Å². The van der Waals surface area contributed by atoms with Gasteiger partial charge >= 0.3 is 5.97 Å². The van der Waals surface area contributed by atoms with Gasteiger partial charge in [0.25, 0.3) is 0 Å². The Kier molecular flexibility index (Phi) is 5.65. The lowest BCUT2D eigenvalue weighted by molar-refractivity contribution is -0.114. The Bertz CT molecular complexity index is 757. The van der Waals surface area contributed by atoms with Gasteiger partial charge < -0.3 is 10.1 Å². The molecule has 6 nitrogen and oxygen atoms in total. The summed E-state index contributed by atoms with van der Waals surface area (Å²) in [6.07, 6.45) is 0.323. The predicted molar refractivity (Wildman–Crippen MR) is 89.2 cm³/mol. The highest BCUT2D eigenvalue weighted by atomic mass is 35.5. The highest BCUT2D eigenvalue weighted by Crippen LogP contribution is 2.14. The summed E-state index contributed by atoms with van der Waals surface area (Å²) in [4.78, 5) is 39.0. The molecule has 1 aromatic carbocycles. The van der Waals surface area contributed by atoms with Crippen LogP contribution in [-0.2, 0) is 9.53 Å². The van der Waals surface area contributed by atoms with Crippen molar-refractivity contribution in [3.05, 3.63) is 58.9 Å². The largest absolute Gasteiger partial charge is 0.451 e. The number of ketones is 1. The number of hydrogen-bond acceptors (Lipinski definition) is 5. The number of aromatic nitrogens is 1. The molecule has 0 saturated carbocycles. The maximum atomic E-state index is 12.3. The van der Waals surface area contributed by atoms with E-state index in [0.717, 1.165) is 0 Å². The van der Waals surface area contributed by atoms with Gasteiger partial charge in [-0.2, -0.15) is 0 Å². The smallest absolute Gasteiger partial charge is 0.340 e. The van der Waals surface area contributed by atoms with Crippen molar-refractivity contribution in [2.45, 2.75) is 20.0 Å². The molecule has 0 bridgehead atoms. The summed E-state index contributed by atoms with van der Waals surface area (Å²) in [7, 11) is 0. The van der Waals surface area contributed by atoms with Crippen LogP contribution in [0.25, 0.3) is 0 Å². The predicted octanol–water partition coefficient (Wildman–Crippen LogP) is 3.12. The van der Waals surface area contributed by atoms with Gasteiger partial charge in [-0.25, -0.2) is 9.78 Å². The third kappa shape index (κ3) is 4.63. The molecular weight excluding hydrogens is 332 g/mol. The Morgan fingerprint density at radius 3 is 2.25 bits per heavy atom. The minimum Gasteiger partial charge on any atom is -0.451 e. The number of Topliss-reactive ketones (excluding diaryl/α,β-unsaturated/α-hetero) is 1. The van der Waals surface area contributed by atoms with Crippen LogP contribution < -0.4 is 5.32 Å². The van der Waals surface area contributed by atoms with E-state index >= 15 is 0 Å². The van der Waals surface area contributed by atoms with Crippen molar-refractivity contribution < 1.29 is 19.1 Å². The Labute approximate surface area is 143 Å². The van der Waals surface area contributed by atoms with Crippen LogP contribution in [0.4, 0.5) is 5.69 Å². The summed E-state index contributed by atoms with van der Waals surface area (Å²) in [5.74, 6) is -1.21. The number of pyridine rings is 1. The molecular formula is C17H15ClN2O4. The third-order valence-corrected chi connectivity index (χ3v) is 3.33. The van der Waals surface area contributed by atoms with Gasteiger partial charge in [0.2, 0.25) is 11.7 Å². The van der Waals surface area contributed by atoms with E-state index in [9.17, 15) is 14.4 Å². The van der Waals surface area contributed by atoms with Gasteiger partial charge in [0.15, 0.2) is 6.10 Å². The van der Waals surface area contributed by atoms with Crippen LogP contribution in [-0.4, -0.2) is 28.7 Å². The third-order valence-electron chi connectivity index (χ3n) is 3.11. The van der Waals surface area contributed by atoms with Gasteiger partial charge in [-0.15, -0.1) is 0 Å². The van der Waals surface area contributed by atoms with Crippen molar-refractivity contribution in [2.75, 3.05) is 5.32 Å². The normalized spacial score (nSPS) is 11.5. The average molecular weight is 347 g/mol. The number of benzene rings is 1. The van der Waals surface area contributed by atoms with Crippen LogP contribution in [0, 0.1) is 0 Å². The molecule has 0 saturated heterocycles. The van der Waals surface area contributed by atoms with E-state index in [1.165, 1.54) is 32.2 Å². The lowest BCUT2D eigenvalue weighted by Crippen LogP contribution is -2.24. The molecule has 0 aliphatic heterocycles. The summed E-state index contributed by atoms with van der Waals surface area (Å²) in [6.45, 7) is 2.89. The second kappa shape index (κ2) is 7.70. The second-order valence-corrected chi connectivity index (χ2v) is 5.43. The monoisotopic (exact) mass is 346 g/mol. The maximum Gasteiger partial charge on any atom is 0.340 e. The van der Waals surface area contributed by atoms with Crippen LogP contribution in [0.5, 0.6) is 0 Å². The number of carbonyl (C=O) groups excluding carboxylic acids is 3. The van der Waals surface area contributed by atoms with E-state index < -0.39 is 12.1 Å². The molecule has 0 fully saturated rings. The number of rotatable bonds is 5. The number of nitrogens with one attached hydrogen (secondary N) is 1. The van der Waals surface area contributed by atoms with Gasteiger partial charge in [-0.05, 0) is 43.3 Å². The molecule has 1 heterocycles. The van der Waals surface area contributed by atoms with Gasteiger partial charge in [0.05, 0.1) is 5.56 Å². The number of amides is 1. The topological polar surface area (TPSA) is 85.4 Å². The average Bonchev–Trinajstić information content (AvgIpc) is 2.54. The van der Waals surface area contributed by atoms with Crippen LogP contribution in [0.2, 0.25) is 5.15 Å². The number of halogens is 1. The summed E-state index contributed by atoms with van der Waals surface area (Å²) in [5.41, 5.74) is 1.16. The SMILES string of the molecule is CC(=O)Nc1ccc(C(=O)[C@@H](C)OC(=O)c2ccc(Cl)nc2)cc1. The molecule has 2 rings (SSSR count). The zero-order chi connectivity index (χ0) is 17.7. The fraction of sp³-hybridized carbons (Fsp3) is 0.176. The summed E-state index contributed by atoms with van der Waals surface area (Å²) in [5, 5.41) is 2.86. The van der Waals surface area contributed by atoms with Crippen LogP contribution in [0.15, 0.2) is 42.6 Å². The number of nitrogens with zero attached hydrogens (tertiary/aromatic N) is 1. The molecule has 0 spiro atoms. The van der Waals surface area contributed by atoms with Crippen LogP contribution in [0.3, 0.4) is 0 Å². The first-order valence-corrected chi connectivity index (χ1v) is 7.49. The maximum absolute atomic E-state index is 12.3. The molecule has 0 aliphatic rings. The number of ether oxygens (including phenoxy) is 1. The first-order chi connectivity index (χ1) is 11.4. The Morgan fingerprint density at radius 1 is 1.08 bits per heavy atom. The number of anilines is 1. The van der Waals surface area contributed by atoms with Crippen LogP contribution >= 0.6 is 11.6 Å². The van der Waals surface area contributed by atoms with Crippen molar-refractivity contribution in [2.24, 2.45) is 0 Å². The molecule has 1 amide bonds. The van der Waals surface area contributed by atoms with Gasteiger partial charge in [0, 0.05) is 24.4 Å². The van der Waals surface area contributed by atoms with Gasteiger partial charge in [0.1, 0.15) is 5.15 Å². The molecule has 0 radical (unpaired) electrons. The zero-order valence-electron chi connectivity index (χ0n) is 13.1. The minimum atomic E-state index is -0.959. The van der Waals surface area contributed by atoms with Crippen molar-refractivity contribution in [1.82, 2.24) is 4.98 Å². The molecule has 1 atom stereocenters.